The van der Waals surface area contributed by atoms with Crippen LogP contribution in [0, 0.1) is 11.7 Å². The maximum Gasteiger partial charge on any atom is 0.193 e. The summed E-state index contributed by atoms with van der Waals surface area (Å²) < 4.78 is 20.0. The summed E-state index contributed by atoms with van der Waals surface area (Å²) >= 11 is 3.27. The molecule has 1 aromatic carbocycles. The van der Waals surface area contributed by atoms with Gasteiger partial charge in [0.05, 0.1) is 0 Å². The van der Waals surface area contributed by atoms with Crippen LogP contribution in [0.3, 0.4) is 0 Å². The van der Waals surface area contributed by atoms with Crippen molar-refractivity contribution in [2.75, 3.05) is 33.9 Å². The van der Waals surface area contributed by atoms with Crippen LogP contribution in [0.2, 0.25) is 0 Å². The first-order valence-electron chi connectivity index (χ1n) is 8.03. The molecule has 23 heavy (non-hydrogen) atoms. The Balaban J connectivity index is 1.81. The van der Waals surface area contributed by atoms with E-state index >= 15 is 0 Å². The molecule has 1 aliphatic rings. The lowest BCUT2D eigenvalue weighted by Gasteiger charge is -2.26. The van der Waals surface area contributed by atoms with Crippen molar-refractivity contribution in [3.63, 3.8) is 0 Å². The first kappa shape index (κ1) is 18.2. The van der Waals surface area contributed by atoms with E-state index in [1.165, 1.54) is 6.07 Å². The van der Waals surface area contributed by atoms with Crippen LogP contribution in [0.4, 0.5) is 4.39 Å². The maximum absolute atomic E-state index is 13.9. The SMILES string of the molecule is CN=C(NCc1ccc(Br)cc1F)N(C)CCC1CCOCC1. The largest absolute Gasteiger partial charge is 0.381 e. The van der Waals surface area contributed by atoms with Crippen LogP contribution in [0.15, 0.2) is 27.7 Å². The molecule has 1 fully saturated rings. The van der Waals surface area contributed by atoms with E-state index in [1.807, 2.05) is 13.1 Å². The van der Waals surface area contributed by atoms with Gasteiger partial charge in [-0.2, -0.15) is 0 Å². The standard InChI is InChI=1S/C17H25BrFN3O/c1-20-17(21-12-14-3-4-15(18)11-16(14)19)22(2)8-5-13-6-9-23-10-7-13/h3-4,11,13H,5-10,12H2,1-2H3,(H,20,21). The van der Waals surface area contributed by atoms with Crippen LogP contribution in [0.1, 0.15) is 24.8 Å². The zero-order valence-electron chi connectivity index (χ0n) is 13.8. The summed E-state index contributed by atoms with van der Waals surface area (Å²) in [4.78, 5) is 6.39. The summed E-state index contributed by atoms with van der Waals surface area (Å²) in [5.74, 6) is 1.31. The van der Waals surface area contributed by atoms with Crippen LogP contribution < -0.4 is 5.32 Å². The highest BCUT2D eigenvalue weighted by Crippen LogP contribution is 2.18. The molecule has 1 aliphatic heterocycles. The molecule has 1 N–H and O–H groups in total. The number of guanidine groups is 1. The Hall–Kier alpha value is -1.14. The van der Waals surface area contributed by atoms with Crippen LogP contribution >= 0.6 is 15.9 Å². The summed E-state index contributed by atoms with van der Waals surface area (Å²) in [5.41, 5.74) is 0.632. The highest BCUT2D eigenvalue weighted by molar-refractivity contribution is 9.10. The Labute approximate surface area is 146 Å². The van der Waals surface area contributed by atoms with Gasteiger partial charge in [-0.3, -0.25) is 4.99 Å². The lowest BCUT2D eigenvalue weighted by Crippen LogP contribution is -2.39. The molecule has 0 amide bonds. The minimum absolute atomic E-state index is 0.216. The van der Waals surface area contributed by atoms with Crippen LogP contribution in [-0.4, -0.2) is 44.7 Å². The number of nitrogens with one attached hydrogen (secondary N) is 1. The van der Waals surface area contributed by atoms with Crippen LogP contribution in [0.5, 0.6) is 0 Å². The number of hydrogen-bond acceptors (Lipinski definition) is 2. The summed E-state index contributed by atoms with van der Waals surface area (Å²) in [6.45, 7) is 3.12. The Bertz CT molecular complexity index is 533. The van der Waals surface area contributed by atoms with Crippen molar-refractivity contribution in [3.8, 4) is 0 Å². The van der Waals surface area contributed by atoms with E-state index in [1.54, 1.807) is 13.1 Å². The van der Waals surface area contributed by atoms with Crippen molar-refractivity contribution in [1.29, 1.82) is 0 Å². The zero-order valence-corrected chi connectivity index (χ0v) is 15.4. The predicted molar refractivity (Wildman–Crippen MR) is 95.1 cm³/mol. The third kappa shape index (κ3) is 5.77. The highest BCUT2D eigenvalue weighted by Gasteiger charge is 2.15. The molecule has 0 spiro atoms. The van der Waals surface area contributed by atoms with Crippen LogP contribution in [-0.2, 0) is 11.3 Å². The second-order valence-corrected chi connectivity index (χ2v) is 6.82. The van der Waals surface area contributed by atoms with Gasteiger partial charge in [-0.05, 0) is 37.3 Å². The van der Waals surface area contributed by atoms with Gasteiger partial charge >= 0.3 is 0 Å². The molecule has 0 atom stereocenters. The number of halogens is 2. The first-order valence-corrected chi connectivity index (χ1v) is 8.83. The molecule has 1 saturated heterocycles. The lowest BCUT2D eigenvalue weighted by atomic mass is 9.96. The summed E-state index contributed by atoms with van der Waals surface area (Å²) in [7, 11) is 3.78. The molecule has 0 bridgehead atoms. The lowest BCUT2D eigenvalue weighted by molar-refractivity contribution is 0.0625. The van der Waals surface area contributed by atoms with E-state index < -0.39 is 0 Å². The Morgan fingerprint density at radius 2 is 2.17 bits per heavy atom. The summed E-state index contributed by atoms with van der Waals surface area (Å²) in [5, 5.41) is 3.23. The number of aliphatic imine (C=N–C) groups is 1. The van der Waals surface area contributed by atoms with Gasteiger partial charge in [-0.25, -0.2) is 4.39 Å². The van der Waals surface area contributed by atoms with Gasteiger partial charge < -0.3 is 15.0 Å². The molecule has 0 saturated carbocycles. The van der Waals surface area contributed by atoms with Gasteiger partial charge in [0.15, 0.2) is 5.96 Å². The Morgan fingerprint density at radius 1 is 1.43 bits per heavy atom. The fourth-order valence-corrected chi connectivity index (χ4v) is 3.07. The van der Waals surface area contributed by atoms with E-state index in [2.05, 4.69) is 31.1 Å². The molecule has 0 aliphatic carbocycles. The molecule has 6 heteroatoms. The van der Waals surface area contributed by atoms with Crippen molar-refractivity contribution in [2.24, 2.45) is 10.9 Å². The van der Waals surface area contributed by atoms with Crippen molar-refractivity contribution in [1.82, 2.24) is 10.2 Å². The molecule has 0 radical (unpaired) electrons. The fourth-order valence-electron chi connectivity index (χ4n) is 2.74. The van der Waals surface area contributed by atoms with Crippen molar-refractivity contribution in [2.45, 2.75) is 25.8 Å². The maximum atomic E-state index is 13.9. The Morgan fingerprint density at radius 3 is 2.83 bits per heavy atom. The molecule has 2 rings (SSSR count). The van der Waals surface area contributed by atoms with Gasteiger partial charge in [0.25, 0.3) is 0 Å². The third-order valence-corrected chi connectivity index (χ3v) is 4.73. The zero-order chi connectivity index (χ0) is 16.7. The topological polar surface area (TPSA) is 36.9 Å². The molecule has 1 heterocycles. The molecule has 128 valence electrons. The second-order valence-electron chi connectivity index (χ2n) is 5.90. The number of ether oxygens (including phenoxy) is 1. The Kier molecular flexibility index (Phi) is 7.30. The monoisotopic (exact) mass is 385 g/mol. The van der Waals surface area contributed by atoms with E-state index in [0.717, 1.165) is 55.4 Å². The van der Waals surface area contributed by atoms with Gasteiger partial charge in [0, 0.05) is 50.4 Å². The third-order valence-electron chi connectivity index (χ3n) is 4.24. The van der Waals surface area contributed by atoms with Crippen molar-refractivity contribution >= 4 is 21.9 Å². The number of hydrogen-bond donors (Lipinski definition) is 1. The van der Waals surface area contributed by atoms with Crippen molar-refractivity contribution in [3.05, 3.63) is 34.1 Å². The molecule has 1 aromatic rings. The average Bonchev–Trinajstić information content (AvgIpc) is 2.56. The highest BCUT2D eigenvalue weighted by atomic mass is 79.9. The summed E-state index contributed by atoms with van der Waals surface area (Å²) in [6.07, 6.45) is 3.42. The average molecular weight is 386 g/mol. The molecule has 0 aromatic heterocycles. The van der Waals surface area contributed by atoms with E-state index in [9.17, 15) is 4.39 Å². The minimum atomic E-state index is -0.216. The quantitative estimate of drug-likeness (QED) is 0.623. The fraction of sp³-hybridized carbons (Fsp3) is 0.588. The van der Waals surface area contributed by atoms with E-state index in [4.69, 9.17) is 4.74 Å². The number of nitrogens with zero attached hydrogens (tertiary/aromatic N) is 2. The van der Waals surface area contributed by atoms with Crippen molar-refractivity contribution < 1.29 is 9.13 Å². The predicted octanol–water partition coefficient (Wildman–Crippen LogP) is 3.41. The van der Waals surface area contributed by atoms with Crippen LogP contribution in [0.25, 0.3) is 0 Å². The minimum Gasteiger partial charge on any atom is -0.381 e. The van der Waals surface area contributed by atoms with E-state index in [-0.39, 0.29) is 5.82 Å². The second kappa shape index (κ2) is 9.23. The van der Waals surface area contributed by atoms with Gasteiger partial charge in [-0.15, -0.1) is 0 Å². The molecular formula is C17H25BrFN3O. The molecule has 0 unspecified atom stereocenters. The van der Waals surface area contributed by atoms with Gasteiger partial charge in [0.2, 0.25) is 0 Å². The normalized spacial score (nSPS) is 16.4. The molecule has 4 nitrogen and oxygen atoms in total. The number of benzene rings is 1. The molecular weight excluding hydrogens is 361 g/mol. The van der Waals surface area contributed by atoms with E-state index in [0.29, 0.717) is 12.1 Å². The number of rotatable bonds is 5. The van der Waals surface area contributed by atoms with Gasteiger partial charge in [-0.1, -0.05) is 22.0 Å². The first-order chi connectivity index (χ1) is 11.1. The van der Waals surface area contributed by atoms with Gasteiger partial charge in [0.1, 0.15) is 5.82 Å². The smallest absolute Gasteiger partial charge is 0.193 e. The summed E-state index contributed by atoms with van der Waals surface area (Å²) in [6, 6.07) is 5.11.